The van der Waals surface area contributed by atoms with Crippen LogP contribution in [0.25, 0.3) is 0 Å². The number of aromatic hydroxyl groups is 1. The number of nitrogens with two attached hydrogens (primary N) is 1. The van der Waals surface area contributed by atoms with Gasteiger partial charge in [-0.25, -0.2) is 4.79 Å². The van der Waals surface area contributed by atoms with Gasteiger partial charge in [-0.15, -0.1) is 0 Å². The van der Waals surface area contributed by atoms with Crippen LogP contribution in [0.4, 0.5) is 10.5 Å². The van der Waals surface area contributed by atoms with E-state index >= 15 is 0 Å². The summed E-state index contributed by atoms with van der Waals surface area (Å²) in [4.78, 5) is 24.6. The fraction of sp³-hybridized carbons (Fsp3) is 0.600. The van der Waals surface area contributed by atoms with E-state index < -0.39 is 41.8 Å². The van der Waals surface area contributed by atoms with Gasteiger partial charge in [0, 0.05) is 30.4 Å². The summed E-state index contributed by atoms with van der Waals surface area (Å²) in [5, 5.41) is 35.9. The van der Waals surface area contributed by atoms with Crippen molar-refractivity contribution in [2.24, 2.45) is 28.9 Å². The predicted molar refractivity (Wildman–Crippen MR) is 151 cm³/mol. The van der Waals surface area contributed by atoms with Crippen LogP contribution in [0.15, 0.2) is 41.5 Å². The molecule has 0 saturated carbocycles. The number of fused-ring (bicyclic) bond motifs is 2. The first-order valence-corrected chi connectivity index (χ1v) is 13.5. The van der Waals surface area contributed by atoms with Crippen molar-refractivity contribution in [3.63, 3.8) is 0 Å². The van der Waals surface area contributed by atoms with Crippen molar-refractivity contribution in [2.75, 3.05) is 12.4 Å². The van der Waals surface area contributed by atoms with Gasteiger partial charge in [-0.3, -0.25) is 4.79 Å². The van der Waals surface area contributed by atoms with E-state index in [1.54, 1.807) is 19.1 Å². The number of phenolic OH excluding ortho intramolecular Hbond substituents is 1. The second-order valence-corrected chi connectivity index (χ2v) is 11.5. The molecule has 218 valence electrons. The average molecular weight is 547 g/mol. The van der Waals surface area contributed by atoms with Crippen LogP contribution in [0.3, 0.4) is 0 Å². The van der Waals surface area contributed by atoms with E-state index in [1.165, 1.54) is 19.2 Å². The van der Waals surface area contributed by atoms with Crippen molar-refractivity contribution in [2.45, 2.75) is 85.7 Å². The number of methoxy groups -OCH3 is 1. The van der Waals surface area contributed by atoms with Crippen molar-refractivity contribution in [3.8, 4) is 5.75 Å². The minimum absolute atomic E-state index is 0.0914. The molecule has 0 unspecified atom stereocenters. The molecule has 0 fully saturated rings. The van der Waals surface area contributed by atoms with Gasteiger partial charge in [0.1, 0.15) is 11.9 Å². The van der Waals surface area contributed by atoms with Gasteiger partial charge < -0.3 is 35.8 Å². The van der Waals surface area contributed by atoms with Crippen LogP contribution in [0.5, 0.6) is 5.75 Å². The van der Waals surface area contributed by atoms with Crippen LogP contribution in [-0.4, -0.2) is 52.7 Å². The maximum Gasteiger partial charge on any atom is 0.405 e. The molecule has 1 aliphatic heterocycles. The average Bonchev–Trinajstić information content (AvgIpc) is 2.85. The van der Waals surface area contributed by atoms with Crippen molar-refractivity contribution in [1.29, 1.82) is 0 Å². The molecule has 7 atom stereocenters. The third-order valence-corrected chi connectivity index (χ3v) is 8.19. The zero-order valence-corrected chi connectivity index (χ0v) is 24.4. The molecule has 2 bridgehead atoms. The standard InChI is InChI=1S/C30H46N2O7/c1-16-10-9-11-17(2)28(36)32-22-13-21(14-23(33)15-22)25(35)20(5)30(6,7)27(38-8)24(34)18(3)12-19(4)26(16)39-29(31)37/h11-16,18,20,24-27,33-35H,9-10H2,1-8H3,(H2,31,37)(H,32,36)/b17-11+,19-12+/t16-,18-,20+,24+,25+,26+,27+/m0/s1. The number of hydrogen-bond donors (Lipinski definition) is 5. The first-order valence-electron chi connectivity index (χ1n) is 13.5. The summed E-state index contributed by atoms with van der Waals surface area (Å²) in [6.07, 6.45) is 0.659. The Hall–Kier alpha value is -2.88. The molecule has 1 aliphatic rings. The fourth-order valence-electron chi connectivity index (χ4n) is 5.42. The Labute approximate surface area is 232 Å². The van der Waals surface area contributed by atoms with Crippen LogP contribution in [0.1, 0.15) is 73.0 Å². The fourth-order valence-corrected chi connectivity index (χ4v) is 5.42. The molecule has 1 heterocycles. The first-order chi connectivity index (χ1) is 18.1. The molecule has 0 radical (unpaired) electrons. The summed E-state index contributed by atoms with van der Waals surface area (Å²) in [5.41, 5.74) is 6.65. The van der Waals surface area contributed by atoms with Gasteiger partial charge in [0.05, 0.1) is 18.3 Å². The van der Waals surface area contributed by atoms with E-state index in [9.17, 15) is 24.9 Å². The SMILES string of the molecule is CO[C@@H]1[C@H](O)[C@@H](C)/C=C(\C)[C@H](OC(N)=O)[C@@H](C)CC/C=C(\C)C(=O)Nc2cc(O)cc(c2)[C@H](O)[C@@H](C)C1(C)C. The number of aliphatic hydroxyl groups excluding tert-OH is 2. The summed E-state index contributed by atoms with van der Waals surface area (Å²) in [5.74, 6) is -1.37. The van der Waals surface area contributed by atoms with Gasteiger partial charge in [0.25, 0.3) is 5.91 Å². The normalized spacial score (nSPS) is 33.7. The molecule has 0 aromatic heterocycles. The minimum atomic E-state index is -1.03. The lowest BCUT2D eigenvalue weighted by Crippen LogP contribution is -2.48. The number of rotatable bonds is 2. The number of hydrogen-bond acceptors (Lipinski definition) is 7. The first kappa shape index (κ1) is 32.3. The van der Waals surface area contributed by atoms with Crippen LogP contribution >= 0.6 is 0 Å². The number of carbonyl (C=O) groups is 2. The van der Waals surface area contributed by atoms with Gasteiger partial charge in [-0.2, -0.15) is 0 Å². The predicted octanol–water partition coefficient (Wildman–Crippen LogP) is 4.82. The van der Waals surface area contributed by atoms with E-state index in [0.29, 0.717) is 29.7 Å². The summed E-state index contributed by atoms with van der Waals surface area (Å²) < 4.78 is 11.3. The molecule has 2 rings (SSSR count). The van der Waals surface area contributed by atoms with Gasteiger partial charge in [0.15, 0.2) is 0 Å². The quantitative estimate of drug-likeness (QED) is 0.333. The number of benzene rings is 1. The molecule has 9 nitrogen and oxygen atoms in total. The second-order valence-electron chi connectivity index (χ2n) is 11.5. The number of primary amides is 1. The Balaban J connectivity index is 2.61. The number of carbonyl (C=O) groups excluding carboxylic acids is 2. The molecule has 9 heteroatoms. The van der Waals surface area contributed by atoms with Gasteiger partial charge >= 0.3 is 6.09 Å². The molecule has 1 aromatic rings. The van der Waals surface area contributed by atoms with Crippen LogP contribution < -0.4 is 11.1 Å². The lowest BCUT2D eigenvalue weighted by Gasteiger charge is -2.44. The molecule has 0 saturated heterocycles. The summed E-state index contributed by atoms with van der Waals surface area (Å²) in [6.45, 7) is 13.0. The molecule has 0 aliphatic carbocycles. The Morgan fingerprint density at radius 2 is 1.77 bits per heavy atom. The number of aliphatic hydroxyl groups is 2. The topological polar surface area (TPSA) is 151 Å². The number of nitrogens with one attached hydrogen (secondary N) is 1. The summed E-state index contributed by atoms with van der Waals surface area (Å²) in [6, 6.07) is 4.52. The minimum Gasteiger partial charge on any atom is -0.508 e. The van der Waals surface area contributed by atoms with Crippen LogP contribution in [-0.2, 0) is 14.3 Å². The molecule has 6 N–H and O–H groups in total. The van der Waals surface area contributed by atoms with Gasteiger partial charge in [0.2, 0.25) is 0 Å². The molecule has 1 aromatic carbocycles. The Kier molecular flexibility index (Phi) is 11.2. The van der Waals surface area contributed by atoms with E-state index in [-0.39, 0.29) is 23.5 Å². The summed E-state index contributed by atoms with van der Waals surface area (Å²) in [7, 11) is 1.52. The molecular formula is C30H46N2O7. The van der Waals surface area contributed by atoms with Crippen molar-refractivity contribution >= 4 is 17.7 Å². The largest absolute Gasteiger partial charge is 0.508 e. The lowest BCUT2D eigenvalue weighted by atomic mass is 9.68. The van der Waals surface area contributed by atoms with E-state index in [1.807, 2.05) is 47.6 Å². The number of ether oxygens (including phenoxy) is 2. The number of allylic oxidation sites excluding steroid dienone is 1. The highest BCUT2D eigenvalue weighted by Gasteiger charge is 2.44. The van der Waals surface area contributed by atoms with Crippen molar-refractivity contribution < 1.29 is 34.4 Å². The van der Waals surface area contributed by atoms with Gasteiger partial charge in [-0.1, -0.05) is 46.8 Å². The third kappa shape index (κ3) is 8.06. The van der Waals surface area contributed by atoms with Gasteiger partial charge in [-0.05, 0) is 67.2 Å². The van der Waals surface area contributed by atoms with Crippen molar-refractivity contribution in [1.82, 2.24) is 0 Å². The number of anilines is 1. The van der Waals surface area contributed by atoms with Crippen LogP contribution in [0, 0.1) is 23.2 Å². The zero-order chi connectivity index (χ0) is 29.7. The number of phenols is 1. The lowest BCUT2D eigenvalue weighted by molar-refractivity contribution is -0.124. The van der Waals surface area contributed by atoms with E-state index in [4.69, 9.17) is 15.2 Å². The Morgan fingerprint density at radius 3 is 2.36 bits per heavy atom. The maximum absolute atomic E-state index is 12.9. The Morgan fingerprint density at radius 1 is 1.13 bits per heavy atom. The molecule has 0 spiro atoms. The Bertz CT molecular complexity index is 1080. The van der Waals surface area contributed by atoms with Crippen LogP contribution in [0.2, 0.25) is 0 Å². The monoisotopic (exact) mass is 546 g/mol. The maximum atomic E-state index is 12.9. The molecular weight excluding hydrogens is 500 g/mol. The highest BCUT2D eigenvalue weighted by atomic mass is 16.6. The number of amides is 2. The smallest absolute Gasteiger partial charge is 0.405 e. The second kappa shape index (κ2) is 13.5. The highest BCUT2D eigenvalue weighted by molar-refractivity contribution is 6.03. The van der Waals surface area contributed by atoms with E-state index in [2.05, 4.69) is 5.32 Å². The highest BCUT2D eigenvalue weighted by Crippen LogP contribution is 2.43. The summed E-state index contributed by atoms with van der Waals surface area (Å²) >= 11 is 0. The van der Waals surface area contributed by atoms with Crippen molar-refractivity contribution in [3.05, 3.63) is 47.1 Å². The molecule has 39 heavy (non-hydrogen) atoms. The van der Waals surface area contributed by atoms with E-state index in [0.717, 1.165) is 5.57 Å². The zero-order valence-electron chi connectivity index (χ0n) is 24.4. The molecule has 2 amide bonds. The third-order valence-electron chi connectivity index (χ3n) is 8.19.